The van der Waals surface area contributed by atoms with Crippen molar-refractivity contribution in [1.82, 2.24) is 10.2 Å². The minimum Gasteiger partial charge on any atom is -0.480 e. The molecule has 1 rings (SSSR count). The van der Waals surface area contributed by atoms with Crippen molar-refractivity contribution in [2.75, 3.05) is 13.1 Å². The summed E-state index contributed by atoms with van der Waals surface area (Å²) < 4.78 is 5.73. The standard InChI is InChI=1S/C17H32N2O4/c1-10(2)7-14(17(21)22)18-16(20)15(11(3)4)19-8-12(5)23-13(6)9-19/h10-15H,7-9H2,1-6H3,(H,18,20)(H,21,22)/t12-,13-,14+,15-/m0/s1. The van der Waals surface area contributed by atoms with E-state index in [1.54, 1.807) is 0 Å². The summed E-state index contributed by atoms with van der Waals surface area (Å²) in [5, 5.41) is 12.1. The molecule has 23 heavy (non-hydrogen) atoms. The summed E-state index contributed by atoms with van der Waals surface area (Å²) in [6, 6.07) is -1.17. The van der Waals surface area contributed by atoms with Crippen LogP contribution < -0.4 is 5.32 Å². The SMILES string of the molecule is CC(C)C[C@@H](NC(=O)[C@H](C(C)C)N1C[C@H](C)O[C@@H](C)C1)C(=O)O. The molecule has 134 valence electrons. The first-order valence-corrected chi connectivity index (χ1v) is 8.54. The maximum Gasteiger partial charge on any atom is 0.326 e. The van der Waals surface area contributed by atoms with Gasteiger partial charge in [-0.2, -0.15) is 0 Å². The van der Waals surface area contributed by atoms with Crippen molar-refractivity contribution in [3.8, 4) is 0 Å². The highest BCUT2D eigenvalue weighted by Gasteiger charge is 2.35. The summed E-state index contributed by atoms with van der Waals surface area (Å²) in [7, 11) is 0. The molecule has 1 amide bonds. The fraction of sp³-hybridized carbons (Fsp3) is 0.882. The summed E-state index contributed by atoms with van der Waals surface area (Å²) in [5.74, 6) is -0.869. The van der Waals surface area contributed by atoms with E-state index in [9.17, 15) is 14.7 Å². The van der Waals surface area contributed by atoms with Crippen LogP contribution in [0.3, 0.4) is 0 Å². The van der Waals surface area contributed by atoms with Crippen molar-refractivity contribution in [2.24, 2.45) is 11.8 Å². The van der Waals surface area contributed by atoms with Crippen LogP contribution in [0.4, 0.5) is 0 Å². The molecule has 1 aliphatic heterocycles. The Morgan fingerprint density at radius 1 is 1.17 bits per heavy atom. The Labute approximate surface area is 139 Å². The highest BCUT2D eigenvalue weighted by atomic mass is 16.5. The van der Waals surface area contributed by atoms with Gasteiger partial charge in [-0.05, 0) is 32.1 Å². The van der Waals surface area contributed by atoms with Gasteiger partial charge >= 0.3 is 5.97 Å². The van der Waals surface area contributed by atoms with Crippen LogP contribution in [-0.2, 0) is 14.3 Å². The Morgan fingerprint density at radius 3 is 2.09 bits per heavy atom. The Balaban J connectivity index is 2.83. The monoisotopic (exact) mass is 328 g/mol. The molecular weight excluding hydrogens is 296 g/mol. The van der Waals surface area contributed by atoms with Gasteiger partial charge in [-0.3, -0.25) is 9.69 Å². The van der Waals surface area contributed by atoms with Crippen molar-refractivity contribution >= 4 is 11.9 Å². The predicted molar refractivity (Wildman–Crippen MR) is 89.2 cm³/mol. The molecule has 0 aromatic carbocycles. The van der Waals surface area contributed by atoms with Crippen molar-refractivity contribution in [1.29, 1.82) is 0 Å². The summed E-state index contributed by atoms with van der Waals surface area (Å²) in [4.78, 5) is 26.2. The van der Waals surface area contributed by atoms with Gasteiger partial charge in [0.2, 0.25) is 5.91 Å². The van der Waals surface area contributed by atoms with E-state index in [1.807, 2.05) is 41.5 Å². The number of amides is 1. The van der Waals surface area contributed by atoms with Crippen molar-refractivity contribution < 1.29 is 19.4 Å². The molecule has 0 bridgehead atoms. The zero-order valence-electron chi connectivity index (χ0n) is 15.2. The number of morpholine rings is 1. The molecular formula is C17H32N2O4. The van der Waals surface area contributed by atoms with Crippen molar-refractivity contribution in [3.63, 3.8) is 0 Å². The van der Waals surface area contributed by atoms with Crippen molar-refractivity contribution in [2.45, 2.75) is 72.3 Å². The first-order chi connectivity index (χ1) is 10.6. The fourth-order valence-corrected chi connectivity index (χ4v) is 3.28. The number of carbonyl (C=O) groups excluding carboxylic acids is 1. The number of nitrogens with one attached hydrogen (secondary N) is 1. The Morgan fingerprint density at radius 2 is 1.70 bits per heavy atom. The summed E-state index contributed by atoms with van der Waals surface area (Å²) >= 11 is 0. The van der Waals surface area contributed by atoms with Crippen LogP contribution in [0.25, 0.3) is 0 Å². The summed E-state index contributed by atoms with van der Waals surface area (Å²) in [6.45, 7) is 13.2. The number of carboxylic acid groups (broad SMARTS) is 1. The molecule has 0 aromatic heterocycles. The third-order valence-electron chi connectivity index (χ3n) is 4.06. The lowest BCUT2D eigenvalue weighted by Gasteiger charge is -2.41. The van der Waals surface area contributed by atoms with Crippen LogP contribution in [0.2, 0.25) is 0 Å². The largest absolute Gasteiger partial charge is 0.480 e. The lowest BCUT2D eigenvalue weighted by atomic mass is 9.98. The van der Waals surface area contributed by atoms with Gasteiger partial charge in [0.1, 0.15) is 6.04 Å². The average molecular weight is 328 g/mol. The smallest absolute Gasteiger partial charge is 0.326 e. The van der Waals surface area contributed by atoms with E-state index in [-0.39, 0.29) is 36.0 Å². The van der Waals surface area contributed by atoms with E-state index in [1.165, 1.54) is 0 Å². The average Bonchev–Trinajstić information content (AvgIpc) is 2.35. The first kappa shape index (κ1) is 19.9. The van der Waals surface area contributed by atoms with Gasteiger partial charge in [0.15, 0.2) is 0 Å². The number of ether oxygens (including phenoxy) is 1. The zero-order chi connectivity index (χ0) is 17.7. The number of aliphatic carboxylic acids is 1. The van der Waals surface area contributed by atoms with E-state index in [4.69, 9.17) is 4.74 Å². The molecule has 6 heteroatoms. The van der Waals surface area contributed by atoms with Gasteiger partial charge < -0.3 is 15.2 Å². The second-order valence-corrected chi connectivity index (χ2v) is 7.43. The van der Waals surface area contributed by atoms with Crippen LogP contribution >= 0.6 is 0 Å². The van der Waals surface area contributed by atoms with Gasteiger partial charge in [-0.15, -0.1) is 0 Å². The minimum atomic E-state index is -0.974. The summed E-state index contributed by atoms with van der Waals surface area (Å²) in [6.07, 6.45) is 0.569. The first-order valence-electron chi connectivity index (χ1n) is 8.54. The summed E-state index contributed by atoms with van der Waals surface area (Å²) in [5.41, 5.74) is 0. The maximum atomic E-state index is 12.7. The van der Waals surface area contributed by atoms with E-state index in [2.05, 4.69) is 10.2 Å². The Kier molecular flexibility index (Phi) is 7.48. The molecule has 1 aliphatic rings. The fourth-order valence-electron chi connectivity index (χ4n) is 3.28. The Hall–Kier alpha value is -1.14. The second-order valence-electron chi connectivity index (χ2n) is 7.43. The van der Waals surface area contributed by atoms with E-state index < -0.39 is 12.0 Å². The molecule has 0 aliphatic carbocycles. The van der Waals surface area contributed by atoms with Crippen LogP contribution in [0.5, 0.6) is 0 Å². The van der Waals surface area contributed by atoms with Crippen LogP contribution in [0.1, 0.15) is 48.0 Å². The lowest BCUT2D eigenvalue weighted by molar-refractivity contribution is -0.145. The number of carboxylic acids is 1. The van der Waals surface area contributed by atoms with E-state index >= 15 is 0 Å². The lowest BCUT2D eigenvalue weighted by Crippen LogP contribution is -2.58. The van der Waals surface area contributed by atoms with Crippen LogP contribution in [0.15, 0.2) is 0 Å². The van der Waals surface area contributed by atoms with E-state index in [0.717, 1.165) is 0 Å². The highest BCUT2D eigenvalue weighted by molar-refractivity contribution is 5.87. The second kappa shape index (κ2) is 8.64. The molecule has 1 fully saturated rings. The Bertz CT molecular complexity index is 401. The van der Waals surface area contributed by atoms with Gasteiger partial charge in [-0.1, -0.05) is 27.7 Å². The molecule has 1 heterocycles. The van der Waals surface area contributed by atoms with Crippen molar-refractivity contribution in [3.05, 3.63) is 0 Å². The molecule has 0 spiro atoms. The predicted octanol–water partition coefficient (Wildman–Crippen LogP) is 1.74. The van der Waals surface area contributed by atoms with Crippen LogP contribution in [0, 0.1) is 11.8 Å². The molecule has 0 unspecified atom stereocenters. The number of hydrogen-bond acceptors (Lipinski definition) is 4. The quantitative estimate of drug-likeness (QED) is 0.744. The highest BCUT2D eigenvalue weighted by Crippen LogP contribution is 2.19. The molecule has 1 saturated heterocycles. The maximum absolute atomic E-state index is 12.7. The van der Waals surface area contributed by atoms with Gasteiger partial charge in [0.05, 0.1) is 18.2 Å². The molecule has 0 aromatic rings. The molecule has 0 radical (unpaired) electrons. The van der Waals surface area contributed by atoms with E-state index in [0.29, 0.717) is 19.5 Å². The normalized spacial score (nSPS) is 25.4. The van der Waals surface area contributed by atoms with Crippen LogP contribution in [-0.4, -0.2) is 59.3 Å². The zero-order valence-corrected chi connectivity index (χ0v) is 15.2. The molecule has 2 N–H and O–H groups in total. The third kappa shape index (κ3) is 6.11. The topological polar surface area (TPSA) is 78.9 Å². The number of carbonyl (C=O) groups is 2. The minimum absolute atomic E-state index is 0.0683. The third-order valence-corrected chi connectivity index (χ3v) is 4.06. The van der Waals surface area contributed by atoms with Gasteiger partial charge in [-0.25, -0.2) is 4.79 Å². The van der Waals surface area contributed by atoms with Gasteiger partial charge in [0, 0.05) is 13.1 Å². The number of hydrogen-bond donors (Lipinski definition) is 2. The number of nitrogens with zero attached hydrogens (tertiary/aromatic N) is 1. The molecule has 6 nitrogen and oxygen atoms in total. The van der Waals surface area contributed by atoms with Gasteiger partial charge in [0.25, 0.3) is 0 Å². The molecule has 4 atom stereocenters. The number of rotatable bonds is 7. The molecule has 0 saturated carbocycles.